The Labute approximate surface area is 164 Å². The van der Waals surface area contributed by atoms with Crippen molar-refractivity contribution in [2.24, 2.45) is 0 Å². The number of rotatable bonds is 8. The van der Waals surface area contributed by atoms with Crippen LogP contribution >= 0.6 is 0 Å². The highest BCUT2D eigenvalue weighted by Gasteiger charge is 2.21. The highest BCUT2D eigenvalue weighted by Crippen LogP contribution is 2.18. The van der Waals surface area contributed by atoms with Crippen molar-refractivity contribution < 1.29 is 22.7 Å². The second-order valence-corrected chi connectivity index (χ2v) is 7.86. The molecule has 0 spiro atoms. The van der Waals surface area contributed by atoms with E-state index in [1.54, 1.807) is 32.9 Å². The molecule has 1 amide bonds. The zero-order valence-corrected chi connectivity index (χ0v) is 16.8. The fourth-order valence-electron chi connectivity index (χ4n) is 2.42. The third kappa shape index (κ3) is 5.37. The van der Waals surface area contributed by atoms with Gasteiger partial charge in [-0.1, -0.05) is 13.8 Å². The first-order chi connectivity index (χ1) is 13.3. The highest BCUT2D eigenvalue weighted by molar-refractivity contribution is 7.89. The van der Waals surface area contributed by atoms with Crippen LogP contribution in [0.2, 0.25) is 0 Å². The van der Waals surface area contributed by atoms with E-state index in [-0.39, 0.29) is 10.5 Å². The number of hydrogen-bond donors (Lipinski definition) is 1. The Hall–Kier alpha value is -2.78. The number of benzene rings is 1. The van der Waals surface area contributed by atoms with E-state index in [0.717, 1.165) is 5.69 Å². The summed E-state index contributed by atoms with van der Waals surface area (Å²) >= 11 is 0. The molecule has 1 N–H and O–H groups in total. The molecular formula is C19H23N3O5S. The topological polar surface area (TPSA) is 106 Å². The smallest absolute Gasteiger partial charge is 0.340 e. The largest absolute Gasteiger partial charge is 0.452 e. The number of anilines is 1. The molecular weight excluding hydrogens is 382 g/mol. The molecule has 0 saturated carbocycles. The van der Waals surface area contributed by atoms with Crippen molar-refractivity contribution in [2.75, 3.05) is 25.0 Å². The van der Waals surface area contributed by atoms with Gasteiger partial charge < -0.3 is 10.1 Å². The molecule has 2 rings (SSSR count). The van der Waals surface area contributed by atoms with Gasteiger partial charge in [0.25, 0.3) is 5.91 Å². The quantitative estimate of drug-likeness (QED) is 0.675. The molecule has 28 heavy (non-hydrogen) atoms. The average Bonchev–Trinajstić information content (AvgIpc) is 2.68. The molecule has 9 heteroatoms. The van der Waals surface area contributed by atoms with Crippen LogP contribution in [0, 0.1) is 6.92 Å². The normalized spacial score (nSPS) is 11.3. The Morgan fingerprint density at radius 2 is 1.71 bits per heavy atom. The molecule has 0 unspecified atom stereocenters. The molecule has 1 heterocycles. The first-order valence-corrected chi connectivity index (χ1v) is 10.2. The highest BCUT2D eigenvalue weighted by atomic mass is 32.2. The second-order valence-electron chi connectivity index (χ2n) is 5.93. The summed E-state index contributed by atoms with van der Waals surface area (Å²) in [5.41, 5.74) is 1.42. The van der Waals surface area contributed by atoms with Gasteiger partial charge in [-0.15, -0.1) is 0 Å². The van der Waals surface area contributed by atoms with Crippen molar-refractivity contribution in [3.05, 3.63) is 53.9 Å². The van der Waals surface area contributed by atoms with E-state index in [4.69, 9.17) is 4.74 Å². The number of carbonyl (C=O) groups excluding carboxylic acids is 2. The number of hydrogen-bond acceptors (Lipinski definition) is 6. The third-order valence-electron chi connectivity index (χ3n) is 3.96. The molecule has 150 valence electrons. The van der Waals surface area contributed by atoms with Gasteiger partial charge in [0.2, 0.25) is 10.0 Å². The second kappa shape index (κ2) is 9.43. The number of aryl methyl sites for hydroxylation is 1. The Balaban J connectivity index is 1.94. The molecule has 0 atom stereocenters. The van der Waals surface area contributed by atoms with Crippen molar-refractivity contribution >= 4 is 27.6 Å². The summed E-state index contributed by atoms with van der Waals surface area (Å²) in [7, 11) is -3.56. The SMILES string of the molecule is CCN(CC)S(=O)(=O)c1ccc(NC(=O)COC(=O)c2ccc(C)nc2)cc1. The number of aromatic nitrogens is 1. The summed E-state index contributed by atoms with van der Waals surface area (Å²) in [5, 5.41) is 2.55. The van der Waals surface area contributed by atoms with E-state index < -0.39 is 28.5 Å². The summed E-state index contributed by atoms with van der Waals surface area (Å²) < 4.78 is 31.2. The van der Waals surface area contributed by atoms with Crippen LogP contribution in [-0.4, -0.2) is 49.3 Å². The van der Waals surface area contributed by atoms with E-state index in [1.807, 2.05) is 0 Å². The van der Waals surface area contributed by atoms with Crippen LogP contribution < -0.4 is 5.32 Å². The van der Waals surface area contributed by atoms with Crippen LogP contribution in [0.3, 0.4) is 0 Å². The van der Waals surface area contributed by atoms with Gasteiger partial charge in [-0.05, 0) is 43.3 Å². The van der Waals surface area contributed by atoms with Crippen LogP contribution in [0.1, 0.15) is 29.9 Å². The number of sulfonamides is 1. The van der Waals surface area contributed by atoms with E-state index >= 15 is 0 Å². The number of esters is 1. The van der Waals surface area contributed by atoms with Crippen molar-refractivity contribution in [1.29, 1.82) is 0 Å². The van der Waals surface area contributed by atoms with Crippen LogP contribution in [0.5, 0.6) is 0 Å². The number of nitrogens with one attached hydrogen (secondary N) is 1. The lowest BCUT2D eigenvalue weighted by molar-refractivity contribution is -0.119. The lowest BCUT2D eigenvalue weighted by atomic mass is 10.2. The van der Waals surface area contributed by atoms with Gasteiger partial charge in [-0.25, -0.2) is 13.2 Å². The first kappa shape index (κ1) is 21.5. The molecule has 1 aromatic heterocycles. The van der Waals surface area contributed by atoms with Gasteiger partial charge in [0.1, 0.15) is 0 Å². The molecule has 0 aliphatic carbocycles. The number of amides is 1. The maximum Gasteiger partial charge on any atom is 0.340 e. The maximum atomic E-state index is 12.4. The summed E-state index contributed by atoms with van der Waals surface area (Å²) in [6, 6.07) is 9.06. The predicted molar refractivity (Wildman–Crippen MR) is 104 cm³/mol. The number of pyridine rings is 1. The minimum atomic E-state index is -3.56. The molecule has 2 aromatic rings. The van der Waals surface area contributed by atoms with Gasteiger partial charge in [-0.3, -0.25) is 9.78 Å². The van der Waals surface area contributed by atoms with Crippen molar-refractivity contribution in [3.8, 4) is 0 Å². The van der Waals surface area contributed by atoms with Crippen LogP contribution in [0.25, 0.3) is 0 Å². The molecule has 1 aromatic carbocycles. The number of nitrogens with zero attached hydrogens (tertiary/aromatic N) is 2. The minimum Gasteiger partial charge on any atom is -0.452 e. The predicted octanol–water partition coefficient (Wildman–Crippen LogP) is 2.22. The van der Waals surface area contributed by atoms with E-state index in [1.165, 1.54) is 34.8 Å². The summed E-state index contributed by atoms with van der Waals surface area (Å²) in [5.74, 6) is -1.18. The lowest BCUT2D eigenvalue weighted by Crippen LogP contribution is -2.30. The summed E-state index contributed by atoms with van der Waals surface area (Å²) in [6.07, 6.45) is 1.38. The Morgan fingerprint density at radius 1 is 1.07 bits per heavy atom. The Bertz CT molecular complexity index is 921. The lowest BCUT2D eigenvalue weighted by Gasteiger charge is -2.18. The summed E-state index contributed by atoms with van der Waals surface area (Å²) in [6.45, 7) is 5.61. The van der Waals surface area contributed by atoms with E-state index in [9.17, 15) is 18.0 Å². The summed E-state index contributed by atoms with van der Waals surface area (Å²) in [4.78, 5) is 28.0. The van der Waals surface area contributed by atoms with Crippen molar-refractivity contribution in [1.82, 2.24) is 9.29 Å². The molecule has 8 nitrogen and oxygen atoms in total. The van der Waals surface area contributed by atoms with E-state index in [2.05, 4.69) is 10.3 Å². The van der Waals surface area contributed by atoms with Crippen LogP contribution in [0.15, 0.2) is 47.5 Å². The van der Waals surface area contributed by atoms with Crippen LogP contribution in [0.4, 0.5) is 5.69 Å². The monoisotopic (exact) mass is 405 g/mol. The molecule has 0 saturated heterocycles. The van der Waals surface area contributed by atoms with Crippen molar-refractivity contribution in [2.45, 2.75) is 25.7 Å². The number of carbonyl (C=O) groups is 2. The fourth-order valence-corrected chi connectivity index (χ4v) is 3.88. The molecule has 0 fully saturated rings. The van der Waals surface area contributed by atoms with Crippen LogP contribution in [-0.2, 0) is 19.6 Å². The molecule has 0 bridgehead atoms. The average molecular weight is 405 g/mol. The Kier molecular flexibility index (Phi) is 7.24. The molecule has 0 radical (unpaired) electrons. The maximum absolute atomic E-state index is 12.4. The van der Waals surface area contributed by atoms with Gasteiger partial charge >= 0.3 is 5.97 Å². The van der Waals surface area contributed by atoms with E-state index in [0.29, 0.717) is 18.8 Å². The minimum absolute atomic E-state index is 0.146. The first-order valence-electron chi connectivity index (χ1n) is 8.77. The van der Waals surface area contributed by atoms with Gasteiger partial charge in [0.05, 0.1) is 10.5 Å². The van der Waals surface area contributed by atoms with Crippen molar-refractivity contribution in [3.63, 3.8) is 0 Å². The standard InChI is InChI=1S/C19H23N3O5S/c1-4-22(5-2)28(25,26)17-10-8-16(9-11-17)21-18(23)13-27-19(24)15-7-6-14(3)20-12-15/h6-12H,4-5,13H2,1-3H3,(H,21,23). The number of ether oxygens (including phenoxy) is 1. The van der Waals surface area contributed by atoms with Gasteiger partial charge in [0, 0.05) is 30.7 Å². The Morgan fingerprint density at radius 3 is 2.25 bits per heavy atom. The molecule has 0 aliphatic heterocycles. The zero-order valence-electron chi connectivity index (χ0n) is 16.0. The third-order valence-corrected chi connectivity index (χ3v) is 6.03. The fraction of sp³-hybridized carbons (Fsp3) is 0.316. The van der Waals surface area contributed by atoms with Gasteiger partial charge in [-0.2, -0.15) is 4.31 Å². The van der Waals surface area contributed by atoms with Gasteiger partial charge in [0.15, 0.2) is 6.61 Å². The zero-order chi connectivity index (χ0) is 20.7. The molecule has 0 aliphatic rings.